The minimum atomic E-state index is -1.29. The monoisotopic (exact) mass is 476 g/mol. The Balaban J connectivity index is 1.42. The zero-order valence-corrected chi connectivity index (χ0v) is 19.6. The molecule has 0 bridgehead atoms. The molecule has 0 saturated carbocycles. The van der Waals surface area contributed by atoms with E-state index in [0.717, 1.165) is 22.3 Å². The quantitative estimate of drug-likeness (QED) is 0.435. The van der Waals surface area contributed by atoms with Crippen LogP contribution in [0.4, 0.5) is 4.79 Å². The minimum Gasteiger partial charge on any atom is -0.479 e. The number of carboxylic acids is 1. The largest absolute Gasteiger partial charge is 0.479 e. The van der Waals surface area contributed by atoms with Crippen LogP contribution in [-0.4, -0.2) is 45.5 Å². The first-order chi connectivity index (χ1) is 16.9. The van der Waals surface area contributed by atoms with Crippen LogP contribution in [0.5, 0.6) is 0 Å². The van der Waals surface area contributed by atoms with E-state index < -0.39 is 30.1 Å². The number of hydrogen-bond donors (Lipinski definition) is 3. The Hall–Kier alpha value is -4.14. The molecule has 4 rings (SSSR count). The maximum atomic E-state index is 12.9. The summed E-state index contributed by atoms with van der Waals surface area (Å²) in [5.41, 5.74) is 4.74. The van der Waals surface area contributed by atoms with Crippen molar-refractivity contribution in [3.05, 3.63) is 77.6 Å². The van der Waals surface area contributed by atoms with Gasteiger partial charge in [0.15, 0.2) is 6.04 Å². The number of carbonyl (C=O) groups excluding carboxylic acids is 2. The lowest BCUT2D eigenvalue weighted by molar-refractivity contribution is -0.142. The Morgan fingerprint density at radius 2 is 1.66 bits per heavy atom. The molecule has 9 heteroatoms. The number of ether oxygens (including phenoxy) is 1. The lowest BCUT2D eigenvalue weighted by Gasteiger charge is -2.22. The number of nitrogens with one attached hydrogen (secondary N) is 2. The van der Waals surface area contributed by atoms with Gasteiger partial charge in [-0.2, -0.15) is 5.10 Å². The Morgan fingerprint density at radius 1 is 1.03 bits per heavy atom. The first kappa shape index (κ1) is 24.0. The van der Waals surface area contributed by atoms with Crippen molar-refractivity contribution in [3.8, 4) is 11.1 Å². The summed E-state index contributed by atoms with van der Waals surface area (Å²) < 4.78 is 6.93. The fourth-order valence-corrected chi connectivity index (χ4v) is 4.51. The van der Waals surface area contributed by atoms with Crippen molar-refractivity contribution in [2.24, 2.45) is 7.05 Å². The number of rotatable bonds is 9. The van der Waals surface area contributed by atoms with Crippen molar-refractivity contribution in [3.63, 3.8) is 0 Å². The molecule has 1 aromatic heterocycles. The van der Waals surface area contributed by atoms with Crippen LogP contribution < -0.4 is 10.6 Å². The predicted molar refractivity (Wildman–Crippen MR) is 129 cm³/mol. The number of carbonyl (C=O) groups is 3. The second-order valence-electron chi connectivity index (χ2n) is 8.47. The molecule has 3 aromatic rings. The topological polar surface area (TPSA) is 123 Å². The highest BCUT2D eigenvalue weighted by Gasteiger charge is 2.31. The lowest BCUT2D eigenvalue weighted by atomic mass is 9.98. The molecule has 9 nitrogen and oxygen atoms in total. The van der Waals surface area contributed by atoms with Crippen LogP contribution in [0, 0.1) is 0 Å². The Labute approximate surface area is 203 Å². The van der Waals surface area contributed by atoms with Crippen molar-refractivity contribution in [1.29, 1.82) is 0 Å². The Kier molecular flexibility index (Phi) is 7.14. The molecule has 0 fully saturated rings. The third-order valence-electron chi connectivity index (χ3n) is 6.22. The summed E-state index contributed by atoms with van der Waals surface area (Å²) in [4.78, 5) is 37.3. The number of aryl methyl sites for hydroxylation is 1. The van der Waals surface area contributed by atoms with Gasteiger partial charge in [0.05, 0.1) is 5.69 Å². The molecule has 1 aliphatic carbocycles. The molecule has 0 radical (unpaired) electrons. The van der Waals surface area contributed by atoms with Gasteiger partial charge in [-0.15, -0.1) is 0 Å². The number of nitrogens with zero attached hydrogens (tertiary/aromatic N) is 2. The molecule has 0 spiro atoms. The van der Waals surface area contributed by atoms with E-state index in [1.807, 2.05) is 43.3 Å². The van der Waals surface area contributed by atoms with E-state index in [1.165, 1.54) is 16.9 Å². The molecular weight excluding hydrogens is 448 g/mol. The van der Waals surface area contributed by atoms with Gasteiger partial charge in [-0.05, 0) is 34.7 Å². The summed E-state index contributed by atoms with van der Waals surface area (Å²) >= 11 is 0. The summed E-state index contributed by atoms with van der Waals surface area (Å²) in [7, 11) is 1.59. The standard InChI is InChI=1S/C26H28N4O5/c1-3-8-21(24(31)29-23(25(32)33)22-13-14-27-30(22)2)28-26(34)35-15-20-18-11-6-4-9-16(18)17-10-5-7-12-19(17)20/h4-7,9-14,20-21,23H,3,8,15H2,1-2H3,(H,28,34)(H,29,31)(H,32,33). The molecule has 2 unspecified atom stereocenters. The van der Waals surface area contributed by atoms with Crippen LogP contribution in [0.25, 0.3) is 11.1 Å². The second kappa shape index (κ2) is 10.4. The number of fused-ring (bicyclic) bond motifs is 3. The fourth-order valence-electron chi connectivity index (χ4n) is 4.51. The van der Waals surface area contributed by atoms with Gasteiger partial charge in [-0.25, -0.2) is 9.59 Å². The SMILES string of the molecule is CCCC(NC(=O)OCC1c2ccccc2-c2ccccc21)C(=O)NC(C(=O)O)c1ccnn1C. The molecule has 0 saturated heterocycles. The summed E-state index contributed by atoms with van der Waals surface area (Å²) in [6, 6.07) is 15.3. The number of benzene rings is 2. The molecule has 35 heavy (non-hydrogen) atoms. The summed E-state index contributed by atoms with van der Waals surface area (Å²) in [5, 5.41) is 18.7. The molecule has 0 aliphatic heterocycles. The maximum Gasteiger partial charge on any atom is 0.407 e. The van der Waals surface area contributed by atoms with Crippen LogP contribution in [0.15, 0.2) is 60.8 Å². The van der Waals surface area contributed by atoms with E-state index in [9.17, 15) is 19.5 Å². The van der Waals surface area contributed by atoms with Crippen LogP contribution >= 0.6 is 0 Å². The van der Waals surface area contributed by atoms with Crippen molar-refractivity contribution in [1.82, 2.24) is 20.4 Å². The molecule has 2 aromatic carbocycles. The molecule has 182 valence electrons. The zero-order valence-electron chi connectivity index (χ0n) is 19.6. The third-order valence-corrected chi connectivity index (χ3v) is 6.22. The van der Waals surface area contributed by atoms with Crippen molar-refractivity contribution in [2.45, 2.75) is 37.8 Å². The molecule has 1 heterocycles. The van der Waals surface area contributed by atoms with Gasteiger partial charge >= 0.3 is 12.1 Å². The second-order valence-corrected chi connectivity index (χ2v) is 8.47. The highest BCUT2D eigenvalue weighted by Crippen LogP contribution is 2.44. The molecule has 2 atom stereocenters. The van der Waals surface area contributed by atoms with Gasteiger partial charge in [-0.3, -0.25) is 9.48 Å². The summed E-state index contributed by atoms with van der Waals surface area (Å²) in [6.07, 6.45) is 1.65. The summed E-state index contributed by atoms with van der Waals surface area (Å²) in [5.74, 6) is -1.93. The van der Waals surface area contributed by atoms with Crippen LogP contribution in [-0.2, 0) is 21.4 Å². The maximum absolute atomic E-state index is 12.9. The first-order valence-corrected chi connectivity index (χ1v) is 11.5. The van der Waals surface area contributed by atoms with E-state index in [0.29, 0.717) is 18.5 Å². The highest BCUT2D eigenvalue weighted by molar-refractivity contribution is 5.89. The molecule has 3 N–H and O–H groups in total. The zero-order chi connectivity index (χ0) is 24.9. The van der Waals surface area contributed by atoms with Gasteiger partial charge in [-0.1, -0.05) is 61.9 Å². The van der Waals surface area contributed by atoms with E-state index in [4.69, 9.17) is 4.74 Å². The number of aromatic nitrogens is 2. The van der Waals surface area contributed by atoms with Crippen LogP contribution in [0.3, 0.4) is 0 Å². The van der Waals surface area contributed by atoms with Crippen molar-refractivity contribution in [2.75, 3.05) is 6.61 Å². The van der Waals surface area contributed by atoms with Crippen molar-refractivity contribution < 1.29 is 24.2 Å². The van der Waals surface area contributed by atoms with E-state index >= 15 is 0 Å². The van der Waals surface area contributed by atoms with Gasteiger partial charge in [0.2, 0.25) is 5.91 Å². The smallest absolute Gasteiger partial charge is 0.407 e. The third kappa shape index (κ3) is 5.03. The van der Waals surface area contributed by atoms with Gasteiger partial charge in [0.25, 0.3) is 0 Å². The van der Waals surface area contributed by atoms with E-state index in [-0.39, 0.29) is 12.5 Å². The normalized spacial score (nSPS) is 13.9. The number of alkyl carbamates (subject to hydrolysis) is 1. The number of carboxylic acid groups (broad SMARTS) is 1. The highest BCUT2D eigenvalue weighted by atomic mass is 16.5. The Bertz CT molecular complexity index is 1190. The van der Waals surface area contributed by atoms with Crippen LogP contribution in [0.2, 0.25) is 0 Å². The predicted octanol–water partition coefficient (Wildman–Crippen LogP) is 3.37. The number of aliphatic carboxylic acids is 1. The summed E-state index contributed by atoms with van der Waals surface area (Å²) in [6.45, 7) is 1.99. The average Bonchev–Trinajstić information content (AvgIpc) is 3.41. The van der Waals surface area contributed by atoms with Gasteiger partial charge in [0.1, 0.15) is 12.6 Å². The van der Waals surface area contributed by atoms with Crippen LogP contribution in [0.1, 0.15) is 48.5 Å². The number of hydrogen-bond acceptors (Lipinski definition) is 5. The minimum absolute atomic E-state index is 0.104. The lowest BCUT2D eigenvalue weighted by Crippen LogP contribution is -2.49. The first-order valence-electron chi connectivity index (χ1n) is 11.5. The van der Waals surface area contributed by atoms with E-state index in [2.05, 4.69) is 27.9 Å². The molecule has 2 amide bonds. The van der Waals surface area contributed by atoms with E-state index in [1.54, 1.807) is 7.05 Å². The van der Waals surface area contributed by atoms with Crippen molar-refractivity contribution >= 4 is 18.0 Å². The number of amides is 2. The fraction of sp³-hybridized carbons (Fsp3) is 0.308. The Morgan fingerprint density at radius 3 is 2.20 bits per heavy atom. The van der Waals surface area contributed by atoms with Gasteiger partial charge in [0, 0.05) is 19.2 Å². The average molecular weight is 477 g/mol. The molecular formula is C26H28N4O5. The van der Waals surface area contributed by atoms with Gasteiger partial charge < -0.3 is 20.5 Å². The molecule has 1 aliphatic rings.